The molecule has 0 aromatic heterocycles. The molecule has 0 spiro atoms. The van der Waals surface area contributed by atoms with Gasteiger partial charge in [-0.05, 0) is 84.1 Å². The lowest BCUT2D eigenvalue weighted by Gasteiger charge is -2.33. The average Bonchev–Trinajstić information content (AvgIpc) is 4.12. The maximum absolute atomic E-state index is 11.1. The maximum Gasteiger partial charge on any atom is 0.161 e. The van der Waals surface area contributed by atoms with Gasteiger partial charge in [0.05, 0.1) is 25.4 Å². The zero-order valence-electron chi connectivity index (χ0n) is 34.5. The molecule has 0 amide bonds. The van der Waals surface area contributed by atoms with Gasteiger partial charge in [0.2, 0.25) is 0 Å². The van der Waals surface area contributed by atoms with Crippen LogP contribution in [0.25, 0.3) is 0 Å². The molecule has 8 heteroatoms. The fourth-order valence-electron chi connectivity index (χ4n) is 7.68. The summed E-state index contributed by atoms with van der Waals surface area (Å²) in [5, 5.41) is 11.1. The molecular formula is C48H63NO7. The van der Waals surface area contributed by atoms with Gasteiger partial charge in [0, 0.05) is 30.1 Å². The van der Waals surface area contributed by atoms with Gasteiger partial charge in [0.1, 0.15) is 47.9 Å². The third-order valence-corrected chi connectivity index (χ3v) is 11.4. The number of hydrogen-bond donors (Lipinski definition) is 2. The van der Waals surface area contributed by atoms with Crippen LogP contribution in [0.3, 0.4) is 0 Å². The molecule has 5 atom stereocenters. The fourth-order valence-corrected chi connectivity index (χ4v) is 7.68. The van der Waals surface area contributed by atoms with Crippen LogP contribution >= 0.6 is 0 Å². The standard InChI is InChI=1S/C48H63NO7/c1-8-26-47(7,29-43-31-53-43)55-41-22-14-36(15-23-41)45(3,4)34-10-18-39(19-11-34)51-30-38(50)28-48(49,27-9-2)56-42-24-16-37(17-25-42)46(5,6)35-12-20-40(21-13-35)52-32-44-33-54-44/h10-25,38,43-44,50H,8-9,26-33,49H2,1-7H3. The Balaban J connectivity index is 1.00. The van der Waals surface area contributed by atoms with E-state index in [1.165, 1.54) is 11.1 Å². The van der Waals surface area contributed by atoms with Gasteiger partial charge in [-0.15, -0.1) is 0 Å². The number of rotatable bonds is 22. The van der Waals surface area contributed by atoms with Gasteiger partial charge in [-0.2, -0.15) is 0 Å². The Kier molecular flexibility index (Phi) is 13.1. The number of nitrogens with two attached hydrogens (primary N) is 1. The molecule has 8 nitrogen and oxygen atoms in total. The van der Waals surface area contributed by atoms with Crippen LogP contribution in [0.15, 0.2) is 97.1 Å². The highest BCUT2D eigenvalue weighted by Crippen LogP contribution is 2.37. The average molecular weight is 766 g/mol. The van der Waals surface area contributed by atoms with E-state index < -0.39 is 11.8 Å². The summed E-state index contributed by atoms with van der Waals surface area (Å²) in [6, 6.07) is 32.9. The van der Waals surface area contributed by atoms with Crippen molar-refractivity contribution in [3.63, 3.8) is 0 Å². The molecule has 4 aromatic carbocycles. The number of ether oxygens (including phenoxy) is 6. The van der Waals surface area contributed by atoms with Crippen molar-refractivity contribution in [2.45, 2.75) is 127 Å². The van der Waals surface area contributed by atoms with Gasteiger partial charge in [0.25, 0.3) is 0 Å². The van der Waals surface area contributed by atoms with Crippen molar-refractivity contribution in [2.24, 2.45) is 5.73 Å². The summed E-state index contributed by atoms with van der Waals surface area (Å²) >= 11 is 0. The second kappa shape index (κ2) is 17.6. The van der Waals surface area contributed by atoms with E-state index in [1.807, 2.05) is 36.4 Å². The quantitative estimate of drug-likeness (QED) is 0.0602. The highest BCUT2D eigenvalue weighted by molar-refractivity contribution is 5.43. The van der Waals surface area contributed by atoms with Crippen molar-refractivity contribution >= 4 is 0 Å². The van der Waals surface area contributed by atoms with Crippen molar-refractivity contribution in [3.05, 3.63) is 119 Å². The zero-order chi connectivity index (χ0) is 40.0. The Morgan fingerprint density at radius 3 is 1.45 bits per heavy atom. The summed E-state index contributed by atoms with van der Waals surface area (Å²) in [4.78, 5) is 0. The molecule has 56 heavy (non-hydrogen) atoms. The lowest BCUT2D eigenvalue weighted by atomic mass is 9.78. The van der Waals surface area contributed by atoms with E-state index in [9.17, 15) is 5.11 Å². The van der Waals surface area contributed by atoms with Gasteiger partial charge in [-0.25, -0.2) is 0 Å². The van der Waals surface area contributed by atoms with E-state index in [0.717, 1.165) is 61.5 Å². The third kappa shape index (κ3) is 11.1. The Morgan fingerprint density at radius 1 is 0.607 bits per heavy atom. The van der Waals surface area contributed by atoms with Gasteiger partial charge < -0.3 is 33.5 Å². The van der Waals surface area contributed by atoms with Gasteiger partial charge >= 0.3 is 0 Å². The van der Waals surface area contributed by atoms with Crippen LogP contribution in [-0.2, 0) is 20.3 Å². The van der Waals surface area contributed by atoms with Crippen molar-refractivity contribution in [1.82, 2.24) is 0 Å². The SMILES string of the molecule is CCCC(C)(CC1CO1)Oc1ccc(C(C)(C)c2ccc(OCC(O)CC(N)(CCC)Oc3ccc(C(C)(C)c4ccc(OCC5CO5)cc4)cc3)cc2)cc1. The largest absolute Gasteiger partial charge is 0.491 e. The van der Waals surface area contributed by atoms with E-state index >= 15 is 0 Å². The lowest BCUT2D eigenvalue weighted by Crippen LogP contribution is -2.49. The van der Waals surface area contributed by atoms with Crippen LogP contribution in [0, 0.1) is 0 Å². The van der Waals surface area contributed by atoms with Crippen LogP contribution in [0.2, 0.25) is 0 Å². The molecule has 0 radical (unpaired) electrons. The molecule has 2 saturated heterocycles. The maximum atomic E-state index is 11.1. The third-order valence-electron chi connectivity index (χ3n) is 11.4. The smallest absolute Gasteiger partial charge is 0.161 e. The van der Waals surface area contributed by atoms with E-state index in [0.29, 0.717) is 30.6 Å². The molecule has 2 aliphatic rings. The van der Waals surface area contributed by atoms with E-state index in [2.05, 4.69) is 109 Å². The lowest BCUT2D eigenvalue weighted by molar-refractivity contribution is -0.00678. The molecule has 3 N–H and O–H groups in total. The van der Waals surface area contributed by atoms with Gasteiger partial charge in [-0.1, -0.05) is 103 Å². The van der Waals surface area contributed by atoms with Crippen LogP contribution in [0.1, 0.15) is 109 Å². The molecule has 4 aromatic rings. The van der Waals surface area contributed by atoms with Crippen LogP contribution < -0.4 is 24.7 Å². The fraction of sp³-hybridized carbons (Fsp3) is 0.500. The van der Waals surface area contributed by atoms with Crippen LogP contribution in [-0.4, -0.2) is 61.2 Å². The minimum absolute atomic E-state index is 0.103. The first-order chi connectivity index (χ1) is 26.7. The second-order valence-corrected chi connectivity index (χ2v) is 17.2. The summed E-state index contributed by atoms with van der Waals surface area (Å²) in [5.41, 5.74) is 9.76. The zero-order valence-corrected chi connectivity index (χ0v) is 34.5. The van der Waals surface area contributed by atoms with Gasteiger partial charge in [-0.3, -0.25) is 5.73 Å². The van der Waals surface area contributed by atoms with E-state index in [1.54, 1.807) is 0 Å². The molecule has 302 valence electrons. The summed E-state index contributed by atoms with van der Waals surface area (Å²) < 4.78 is 35.5. The first-order valence-electron chi connectivity index (χ1n) is 20.5. The molecule has 0 bridgehead atoms. The van der Waals surface area contributed by atoms with Crippen LogP contribution in [0.5, 0.6) is 23.0 Å². The highest BCUT2D eigenvalue weighted by Gasteiger charge is 2.36. The molecule has 6 rings (SSSR count). The predicted molar refractivity (Wildman–Crippen MR) is 222 cm³/mol. The second-order valence-electron chi connectivity index (χ2n) is 17.2. The summed E-state index contributed by atoms with van der Waals surface area (Å²) in [6.07, 6.45) is 4.32. The number of benzene rings is 4. The van der Waals surface area contributed by atoms with Crippen molar-refractivity contribution in [2.75, 3.05) is 26.4 Å². The molecule has 2 aliphatic heterocycles. The Morgan fingerprint density at radius 2 is 1.02 bits per heavy atom. The number of aliphatic hydroxyl groups is 1. The van der Waals surface area contributed by atoms with Crippen molar-refractivity contribution in [1.29, 1.82) is 0 Å². The molecule has 0 saturated carbocycles. The van der Waals surface area contributed by atoms with E-state index in [4.69, 9.17) is 34.2 Å². The molecule has 2 heterocycles. The molecule has 5 unspecified atom stereocenters. The Hall–Kier alpha value is -4.08. The Bertz CT molecular complexity index is 1820. The topological polar surface area (TPSA) is 108 Å². The first-order valence-corrected chi connectivity index (χ1v) is 20.5. The van der Waals surface area contributed by atoms with Gasteiger partial charge in [0.15, 0.2) is 5.72 Å². The van der Waals surface area contributed by atoms with E-state index in [-0.39, 0.29) is 35.6 Å². The predicted octanol–water partition coefficient (Wildman–Crippen LogP) is 9.51. The number of aliphatic hydroxyl groups excluding tert-OH is 1. The Labute approximate surface area is 334 Å². The molecule has 2 fully saturated rings. The highest BCUT2D eigenvalue weighted by atomic mass is 16.6. The minimum atomic E-state index is -1.05. The monoisotopic (exact) mass is 765 g/mol. The van der Waals surface area contributed by atoms with Crippen molar-refractivity contribution < 1.29 is 33.5 Å². The normalized spacial score (nSPS) is 19.3. The number of hydrogen-bond acceptors (Lipinski definition) is 8. The molecular weight excluding hydrogens is 703 g/mol. The summed E-state index contributed by atoms with van der Waals surface area (Å²) in [6.45, 7) is 17.6. The number of epoxide rings is 2. The first kappa shape index (κ1) is 41.6. The minimum Gasteiger partial charge on any atom is -0.491 e. The van der Waals surface area contributed by atoms with Crippen LogP contribution in [0.4, 0.5) is 0 Å². The summed E-state index contributed by atoms with van der Waals surface area (Å²) in [5.74, 6) is 3.09. The molecule has 0 aliphatic carbocycles. The summed E-state index contributed by atoms with van der Waals surface area (Å²) in [7, 11) is 0. The van der Waals surface area contributed by atoms with Crippen molar-refractivity contribution in [3.8, 4) is 23.0 Å².